The molecular formula is C26H20F4N6O2. The molecule has 12 heteroatoms. The van der Waals surface area contributed by atoms with Gasteiger partial charge in [0.25, 0.3) is 5.56 Å². The van der Waals surface area contributed by atoms with Crippen LogP contribution in [-0.2, 0) is 19.8 Å². The first-order valence-electron chi connectivity index (χ1n) is 11.8. The largest absolute Gasteiger partial charge is 0.418 e. The number of fused-ring (bicyclic) bond motifs is 1. The standard InChI is InChI=1S/C26H20F4N6O2/c1-35-12-31-34-24(35)18-8-15(27)4-5-17(18)14-6-21(13-2-3-13)33-22(7-14)36-10-20(26(28,29)30)19-9-16(11-37)32-23(19)25(36)38/h4-10,12-13,32,37H,2-3,11H2,1H3. The van der Waals surface area contributed by atoms with E-state index in [2.05, 4.69) is 20.2 Å². The lowest BCUT2D eigenvalue weighted by Gasteiger charge is -2.15. The number of benzene rings is 1. The molecule has 1 aliphatic rings. The van der Waals surface area contributed by atoms with Crippen LogP contribution >= 0.6 is 0 Å². The van der Waals surface area contributed by atoms with Crippen molar-refractivity contribution in [2.45, 2.75) is 31.5 Å². The van der Waals surface area contributed by atoms with Gasteiger partial charge in [0, 0.05) is 41.5 Å². The van der Waals surface area contributed by atoms with E-state index in [-0.39, 0.29) is 28.3 Å². The van der Waals surface area contributed by atoms with Gasteiger partial charge in [-0.15, -0.1) is 10.2 Å². The fourth-order valence-electron chi connectivity index (χ4n) is 4.63. The minimum absolute atomic E-state index is 0.00445. The molecule has 4 aromatic heterocycles. The Labute approximate surface area is 212 Å². The summed E-state index contributed by atoms with van der Waals surface area (Å²) in [6, 6.07) is 8.58. The first-order chi connectivity index (χ1) is 18.1. The topological polar surface area (TPSA) is 102 Å². The van der Waals surface area contributed by atoms with E-state index >= 15 is 0 Å². The maximum absolute atomic E-state index is 14.3. The third-order valence-corrected chi connectivity index (χ3v) is 6.65. The number of aliphatic hydroxyl groups is 1. The normalized spacial score (nSPS) is 13.9. The van der Waals surface area contributed by atoms with E-state index in [9.17, 15) is 27.5 Å². The smallest absolute Gasteiger partial charge is 0.390 e. The van der Waals surface area contributed by atoms with E-state index in [0.717, 1.165) is 29.7 Å². The van der Waals surface area contributed by atoms with Crippen molar-refractivity contribution >= 4 is 10.9 Å². The quantitative estimate of drug-likeness (QED) is 0.325. The number of aromatic nitrogens is 6. The highest BCUT2D eigenvalue weighted by atomic mass is 19.4. The number of hydrogen-bond donors (Lipinski definition) is 2. The lowest BCUT2D eigenvalue weighted by molar-refractivity contribution is -0.136. The van der Waals surface area contributed by atoms with Gasteiger partial charge < -0.3 is 14.7 Å². The molecule has 0 bridgehead atoms. The van der Waals surface area contributed by atoms with Crippen molar-refractivity contribution in [1.29, 1.82) is 0 Å². The zero-order chi connectivity index (χ0) is 26.8. The molecule has 6 rings (SSSR count). The fraction of sp³-hybridized carbons (Fsp3) is 0.231. The highest BCUT2D eigenvalue weighted by Gasteiger charge is 2.35. The molecule has 0 amide bonds. The maximum Gasteiger partial charge on any atom is 0.418 e. The number of nitrogens with one attached hydrogen (secondary N) is 1. The van der Waals surface area contributed by atoms with Gasteiger partial charge in [-0.25, -0.2) is 9.37 Å². The molecule has 0 unspecified atom stereocenters. The molecule has 1 aromatic carbocycles. The zero-order valence-corrected chi connectivity index (χ0v) is 19.9. The van der Waals surface area contributed by atoms with Gasteiger partial charge in [0.2, 0.25) is 0 Å². The first kappa shape index (κ1) is 24.0. The van der Waals surface area contributed by atoms with Gasteiger partial charge in [-0.3, -0.25) is 9.36 Å². The van der Waals surface area contributed by atoms with Crippen LogP contribution in [0.1, 0.15) is 35.7 Å². The Morgan fingerprint density at radius 1 is 1.13 bits per heavy atom. The van der Waals surface area contributed by atoms with Gasteiger partial charge >= 0.3 is 6.18 Å². The van der Waals surface area contributed by atoms with Crippen molar-refractivity contribution in [3.8, 4) is 28.3 Å². The van der Waals surface area contributed by atoms with Gasteiger partial charge in [-0.1, -0.05) is 6.07 Å². The number of aromatic amines is 1. The molecule has 38 heavy (non-hydrogen) atoms. The highest BCUT2D eigenvalue weighted by Crippen LogP contribution is 2.42. The van der Waals surface area contributed by atoms with E-state index < -0.39 is 29.7 Å². The van der Waals surface area contributed by atoms with Crippen LogP contribution < -0.4 is 5.56 Å². The Morgan fingerprint density at radius 2 is 1.92 bits per heavy atom. The third kappa shape index (κ3) is 4.06. The van der Waals surface area contributed by atoms with Crippen LogP contribution in [0.3, 0.4) is 0 Å². The highest BCUT2D eigenvalue weighted by molar-refractivity contribution is 5.84. The zero-order valence-electron chi connectivity index (χ0n) is 19.9. The molecule has 1 saturated carbocycles. The summed E-state index contributed by atoms with van der Waals surface area (Å²) in [6.45, 7) is -0.555. The predicted octanol–water partition coefficient (Wildman–Crippen LogP) is 4.70. The second-order valence-electron chi connectivity index (χ2n) is 9.33. The lowest BCUT2D eigenvalue weighted by atomic mass is 9.98. The number of aliphatic hydroxyl groups excluding tert-OH is 1. The second-order valence-corrected chi connectivity index (χ2v) is 9.33. The number of aryl methyl sites for hydroxylation is 1. The Bertz CT molecular complexity index is 1760. The monoisotopic (exact) mass is 524 g/mol. The summed E-state index contributed by atoms with van der Waals surface area (Å²) in [5, 5.41) is 17.1. The van der Waals surface area contributed by atoms with Crippen molar-refractivity contribution < 1.29 is 22.7 Å². The van der Waals surface area contributed by atoms with Gasteiger partial charge in [-0.2, -0.15) is 13.2 Å². The molecule has 0 aliphatic heterocycles. The Balaban J connectivity index is 1.62. The molecule has 194 valence electrons. The first-order valence-corrected chi connectivity index (χ1v) is 11.8. The summed E-state index contributed by atoms with van der Waals surface area (Å²) >= 11 is 0. The number of nitrogens with zero attached hydrogens (tertiary/aromatic N) is 5. The third-order valence-electron chi connectivity index (χ3n) is 6.65. The molecule has 2 N–H and O–H groups in total. The van der Waals surface area contributed by atoms with Gasteiger partial charge in [-0.05, 0) is 54.3 Å². The molecular weight excluding hydrogens is 504 g/mol. The van der Waals surface area contributed by atoms with Crippen molar-refractivity contribution in [2.75, 3.05) is 0 Å². The van der Waals surface area contributed by atoms with E-state index in [1.54, 1.807) is 23.7 Å². The van der Waals surface area contributed by atoms with E-state index in [4.69, 9.17) is 0 Å². The lowest BCUT2D eigenvalue weighted by Crippen LogP contribution is -2.23. The van der Waals surface area contributed by atoms with Crippen LogP contribution in [-0.4, -0.2) is 34.4 Å². The summed E-state index contributed by atoms with van der Waals surface area (Å²) in [5.74, 6) is -0.00585. The molecule has 1 aliphatic carbocycles. The summed E-state index contributed by atoms with van der Waals surface area (Å²) in [5.41, 5.74) is 0.162. The van der Waals surface area contributed by atoms with Crippen LogP contribution in [0, 0.1) is 5.82 Å². The van der Waals surface area contributed by atoms with E-state index in [0.29, 0.717) is 28.2 Å². The van der Waals surface area contributed by atoms with Gasteiger partial charge in [0.1, 0.15) is 23.5 Å². The van der Waals surface area contributed by atoms with Crippen molar-refractivity contribution in [1.82, 2.24) is 29.3 Å². The van der Waals surface area contributed by atoms with Crippen LogP contribution in [0.4, 0.5) is 17.6 Å². The predicted molar refractivity (Wildman–Crippen MR) is 130 cm³/mol. The number of alkyl halides is 3. The second kappa shape index (κ2) is 8.62. The summed E-state index contributed by atoms with van der Waals surface area (Å²) < 4.78 is 58.9. The number of H-pyrrole nitrogens is 1. The minimum Gasteiger partial charge on any atom is -0.390 e. The number of pyridine rings is 2. The molecule has 0 spiro atoms. The van der Waals surface area contributed by atoms with Crippen LogP contribution in [0.2, 0.25) is 0 Å². The molecule has 0 saturated heterocycles. The van der Waals surface area contributed by atoms with Crippen molar-refractivity contribution in [2.24, 2.45) is 7.05 Å². The number of hydrogen-bond acceptors (Lipinski definition) is 5. The van der Waals surface area contributed by atoms with Crippen LogP contribution in [0.15, 0.2) is 53.7 Å². The van der Waals surface area contributed by atoms with E-state index in [1.807, 2.05) is 0 Å². The molecule has 8 nitrogen and oxygen atoms in total. The number of halogens is 4. The molecule has 0 atom stereocenters. The number of rotatable bonds is 5. The minimum atomic E-state index is -4.77. The molecule has 1 fully saturated rings. The summed E-state index contributed by atoms with van der Waals surface area (Å²) in [6.07, 6.45) is -0.852. The fourth-order valence-corrected chi connectivity index (χ4v) is 4.63. The average molecular weight is 524 g/mol. The van der Waals surface area contributed by atoms with Crippen LogP contribution in [0.5, 0.6) is 0 Å². The van der Waals surface area contributed by atoms with Crippen molar-refractivity contribution in [3.63, 3.8) is 0 Å². The van der Waals surface area contributed by atoms with Crippen molar-refractivity contribution in [3.05, 3.63) is 82.0 Å². The Hall–Kier alpha value is -4.32. The van der Waals surface area contributed by atoms with E-state index in [1.165, 1.54) is 24.5 Å². The molecule has 4 heterocycles. The maximum atomic E-state index is 14.3. The van der Waals surface area contributed by atoms with Crippen LogP contribution in [0.25, 0.3) is 39.2 Å². The summed E-state index contributed by atoms with van der Waals surface area (Å²) in [7, 11) is 1.71. The molecule has 5 aromatic rings. The SMILES string of the molecule is Cn1cnnc1-c1cc(F)ccc1-c1cc(C2CC2)nc(-n2cc(C(F)(F)F)c3cc(CO)[nH]c3c2=O)c1. The molecule has 0 radical (unpaired) electrons. The average Bonchev–Trinajstić information content (AvgIpc) is 3.50. The van der Waals surface area contributed by atoms with Gasteiger partial charge in [0.15, 0.2) is 5.82 Å². The Morgan fingerprint density at radius 3 is 2.58 bits per heavy atom. The van der Waals surface area contributed by atoms with Gasteiger partial charge in [0.05, 0.1) is 12.2 Å². The summed E-state index contributed by atoms with van der Waals surface area (Å²) in [4.78, 5) is 20.6. The Kier molecular flexibility index (Phi) is 5.45.